The smallest absolute Gasteiger partial charge is 0.371 e. The van der Waals surface area contributed by atoms with Crippen molar-refractivity contribution in [2.24, 2.45) is 0 Å². The van der Waals surface area contributed by atoms with E-state index in [1.54, 1.807) is 0 Å². The fourth-order valence-corrected chi connectivity index (χ4v) is 1.42. The fraction of sp³-hybridized carbons (Fsp3) is 0.125. The number of carbonyl (C=O) groups excluding carboxylic acids is 1. The molecule has 0 atom stereocenters. The fourth-order valence-electron chi connectivity index (χ4n) is 0.860. The van der Waals surface area contributed by atoms with Crippen LogP contribution in [-0.2, 0) is 9.33 Å². The predicted octanol–water partition coefficient (Wildman–Crippen LogP) is 1.75. The van der Waals surface area contributed by atoms with Gasteiger partial charge < -0.3 is 4.18 Å². The molecular weight excluding hydrogens is 228 g/mol. The van der Waals surface area contributed by atoms with Crippen LogP contribution in [0, 0.1) is 0 Å². The summed E-state index contributed by atoms with van der Waals surface area (Å²) in [5, 5.41) is 0. The first-order valence-corrected chi connectivity index (χ1v) is 5.87. The summed E-state index contributed by atoms with van der Waals surface area (Å²) in [7, 11) is 0.830. The molecule has 0 aliphatic heterocycles. The van der Waals surface area contributed by atoms with Crippen LogP contribution in [0.2, 0.25) is 0 Å². The third kappa shape index (κ3) is 3.35. The van der Waals surface area contributed by atoms with Crippen molar-refractivity contribution in [1.82, 2.24) is 0 Å². The Balaban J connectivity index is 2.90. The number of hydrogen-bond acceptors (Lipinski definition) is 4. The largest absolute Gasteiger partial charge is 0.401 e. The molecular formula is C8H7ClO4S. The van der Waals surface area contributed by atoms with E-state index in [4.69, 9.17) is 10.7 Å². The van der Waals surface area contributed by atoms with Crippen molar-refractivity contribution in [3.63, 3.8) is 0 Å². The van der Waals surface area contributed by atoms with Gasteiger partial charge in [0.05, 0.1) is 10.7 Å². The minimum atomic E-state index is -4.02. The number of Topliss-reactive ketones (excluding diaryl/α,β-unsaturated/α-hetero) is 1. The average molecular weight is 235 g/mol. The Morgan fingerprint density at radius 3 is 2.14 bits per heavy atom. The quantitative estimate of drug-likeness (QED) is 0.591. The molecule has 0 spiro atoms. The van der Waals surface area contributed by atoms with Crippen molar-refractivity contribution >= 4 is 25.8 Å². The van der Waals surface area contributed by atoms with E-state index in [0.29, 0.717) is 5.56 Å². The number of carbonyl (C=O) groups is 1. The molecule has 76 valence electrons. The second kappa shape index (κ2) is 3.98. The van der Waals surface area contributed by atoms with Crippen LogP contribution in [0.3, 0.4) is 0 Å². The first-order chi connectivity index (χ1) is 6.38. The minimum absolute atomic E-state index is 0.0741. The lowest BCUT2D eigenvalue weighted by Gasteiger charge is -2.00. The summed E-state index contributed by atoms with van der Waals surface area (Å²) >= 11 is 0. The van der Waals surface area contributed by atoms with E-state index in [9.17, 15) is 13.2 Å². The summed E-state index contributed by atoms with van der Waals surface area (Å²) in [4.78, 5) is 10.9. The van der Waals surface area contributed by atoms with Gasteiger partial charge in [-0.25, -0.2) is 0 Å². The summed E-state index contributed by atoms with van der Waals surface area (Å²) < 4.78 is 25.4. The maximum absolute atomic E-state index is 10.9. The maximum atomic E-state index is 10.9. The molecule has 1 aromatic carbocycles. The molecule has 1 rings (SSSR count). The predicted molar refractivity (Wildman–Crippen MR) is 51.8 cm³/mol. The van der Waals surface area contributed by atoms with Crippen molar-refractivity contribution in [2.45, 2.75) is 6.92 Å². The lowest BCUT2D eigenvalue weighted by Crippen LogP contribution is -2.00. The Bertz CT molecular complexity index is 435. The molecule has 0 N–H and O–H groups in total. The summed E-state index contributed by atoms with van der Waals surface area (Å²) in [6, 6.07) is 5.63. The van der Waals surface area contributed by atoms with E-state index >= 15 is 0 Å². The molecule has 0 aromatic heterocycles. The first-order valence-electron chi connectivity index (χ1n) is 3.63. The van der Waals surface area contributed by atoms with Gasteiger partial charge in [0.2, 0.25) is 0 Å². The lowest BCUT2D eigenvalue weighted by molar-refractivity contribution is 0.101. The maximum Gasteiger partial charge on any atom is 0.401 e. The first kappa shape index (κ1) is 11.0. The molecule has 1 aromatic rings. The summed E-state index contributed by atoms with van der Waals surface area (Å²) in [5.74, 6) is -0.0321. The Labute approximate surface area is 86.1 Å². The second-order valence-electron chi connectivity index (χ2n) is 2.56. The van der Waals surface area contributed by atoms with E-state index in [2.05, 4.69) is 4.18 Å². The van der Waals surface area contributed by atoms with Crippen LogP contribution < -0.4 is 4.18 Å². The van der Waals surface area contributed by atoms with Crippen molar-refractivity contribution in [3.8, 4) is 5.75 Å². The van der Waals surface area contributed by atoms with Crippen LogP contribution in [0.5, 0.6) is 5.75 Å². The standard InChI is InChI=1S/C8H7ClO4S/c1-6(10)7-2-4-8(5-3-7)13-14(9,11)12/h2-5H,1H3. The third-order valence-corrected chi connectivity index (χ3v) is 2.04. The third-order valence-electron chi connectivity index (χ3n) is 1.46. The highest BCUT2D eigenvalue weighted by Gasteiger charge is 2.07. The van der Waals surface area contributed by atoms with Gasteiger partial charge in [0.25, 0.3) is 0 Å². The van der Waals surface area contributed by atoms with E-state index in [-0.39, 0.29) is 11.5 Å². The average Bonchev–Trinajstić information content (AvgIpc) is 2.02. The monoisotopic (exact) mass is 234 g/mol. The van der Waals surface area contributed by atoms with Gasteiger partial charge in [-0.15, -0.1) is 0 Å². The minimum Gasteiger partial charge on any atom is -0.371 e. The van der Waals surface area contributed by atoms with Gasteiger partial charge in [0.1, 0.15) is 5.75 Å². The number of rotatable bonds is 3. The molecule has 0 saturated heterocycles. The molecule has 6 heteroatoms. The Morgan fingerprint density at radius 2 is 1.79 bits per heavy atom. The number of benzene rings is 1. The van der Waals surface area contributed by atoms with Crippen LogP contribution in [-0.4, -0.2) is 14.2 Å². The molecule has 0 bridgehead atoms. The zero-order chi connectivity index (χ0) is 10.8. The molecule has 0 aliphatic rings. The normalized spacial score (nSPS) is 11.0. The van der Waals surface area contributed by atoms with Gasteiger partial charge >= 0.3 is 9.33 Å². The number of ketones is 1. The van der Waals surface area contributed by atoms with E-state index in [1.165, 1.54) is 31.2 Å². The summed E-state index contributed by atoms with van der Waals surface area (Å²) in [5.41, 5.74) is 0.476. The highest BCUT2D eigenvalue weighted by molar-refractivity contribution is 8.10. The van der Waals surface area contributed by atoms with Crippen LogP contribution in [0.15, 0.2) is 24.3 Å². The lowest BCUT2D eigenvalue weighted by atomic mass is 10.1. The molecule has 0 radical (unpaired) electrons. The molecule has 0 saturated carbocycles. The van der Waals surface area contributed by atoms with E-state index in [0.717, 1.165) is 0 Å². The van der Waals surface area contributed by atoms with Gasteiger partial charge in [-0.1, -0.05) is 0 Å². The molecule has 0 aliphatic carbocycles. The number of hydrogen-bond donors (Lipinski definition) is 0. The highest BCUT2D eigenvalue weighted by Crippen LogP contribution is 2.15. The molecule has 0 heterocycles. The molecule has 0 fully saturated rings. The SMILES string of the molecule is CC(=O)c1ccc(OS(=O)(=O)Cl)cc1. The summed E-state index contributed by atoms with van der Waals surface area (Å²) in [6.45, 7) is 1.41. The highest BCUT2D eigenvalue weighted by atomic mass is 35.7. The van der Waals surface area contributed by atoms with Crippen molar-refractivity contribution < 1.29 is 17.4 Å². The molecule has 14 heavy (non-hydrogen) atoms. The zero-order valence-electron chi connectivity index (χ0n) is 7.23. The van der Waals surface area contributed by atoms with Crippen LogP contribution in [0.4, 0.5) is 0 Å². The van der Waals surface area contributed by atoms with Gasteiger partial charge in [0.15, 0.2) is 5.78 Å². The van der Waals surface area contributed by atoms with Crippen LogP contribution >= 0.6 is 10.7 Å². The molecule has 0 unspecified atom stereocenters. The van der Waals surface area contributed by atoms with Crippen molar-refractivity contribution in [2.75, 3.05) is 0 Å². The van der Waals surface area contributed by atoms with E-state index < -0.39 is 9.33 Å². The zero-order valence-corrected chi connectivity index (χ0v) is 8.80. The topological polar surface area (TPSA) is 60.4 Å². The Kier molecular flexibility index (Phi) is 3.13. The van der Waals surface area contributed by atoms with Crippen LogP contribution in [0.1, 0.15) is 17.3 Å². The number of halogens is 1. The van der Waals surface area contributed by atoms with E-state index in [1.807, 2.05) is 0 Å². The van der Waals surface area contributed by atoms with Gasteiger partial charge in [-0.05, 0) is 31.2 Å². The van der Waals surface area contributed by atoms with Crippen molar-refractivity contribution in [3.05, 3.63) is 29.8 Å². The van der Waals surface area contributed by atoms with Crippen LogP contribution in [0.25, 0.3) is 0 Å². The summed E-state index contributed by atoms with van der Waals surface area (Å²) in [6.07, 6.45) is 0. The van der Waals surface area contributed by atoms with Gasteiger partial charge in [0, 0.05) is 5.56 Å². The Hall–Kier alpha value is -1.07. The second-order valence-corrected chi connectivity index (χ2v) is 4.64. The Morgan fingerprint density at radius 1 is 1.29 bits per heavy atom. The molecule has 4 nitrogen and oxygen atoms in total. The van der Waals surface area contributed by atoms with Gasteiger partial charge in [-0.3, -0.25) is 4.79 Å². The van der Waals surface area contributed by atoms with Crippen molar-refractivity contribution in [1.29, 1.82) is 0 Å². The molecule has 0 amide bonds. The van der Waals surface area contributed by atoms with Gasteiger partial charge in [-0.2, -0.15) is 8.42 Å².